The van der Waals surface area contributed by atoms with Gasteiger partial charge in [0.25, 0.3) is 0 Å². The lowest BCUT2D eigenvalue weighted by Gasteiger charge is -2.43. The normalized spacial score (nSPS) is 18.1. The van der Waals surface area contributed by atoms with E-state index in [1.807, 2.05) is 34.6 Å². The van der Waals surface area contributed by atoms with Crippen LogP contribution in [0.15, 0.2) is 0 Å². The van der Waals surface area contributed by atoms with E-state index in [2.05, 4.69) is 5.32 Å². The van der Waals surface area contributed by atoms with Crippen molar-refractivity contribution in [1.82, 2.24) is 10.2 Å². The molecule has 1 aliphatic heterocycles. The second-order valence-electron chi connectivity index (χ2n) is 8.22. The Morgan fingerprint density at radius 1 is 1.19 bits per heavy atom. The first-order chi connectivity index (χ1) is 12.7. The zero-order valence-corrected chi connectivity index (χ0v) is 17.9. The summed E-state index contributed by atoms with van der Waals surface area (Å²) < 4.78 is 15.9. The van der Waals surface area contributed by atoms with Crippen molar-refractivity contribution in [3.8, 4) is 0 Å². The van der Waals surface area contributed by atoms with Crippen LogP contribution in [0.25, 0.3) is 0 Å². The summed E-state index contributed by atoms with van der Waals surface area (Å²) in [5, 5.41) is 3.48. The average Bonchev–Trinajstić information content (AvgIpc) is 2.60. The van der Waals surface area contributed by atoms with Gasteiger partial charge in [0.1, 0.15) is 5.60 Å². The van der Waals surface area contributed by atoms with Crippen LogP contribution in [0.1, 0.15) is 60.3 Å². The number of hydrogen-bond donors (Lipinski definition) is 1. The van der Waals surface area contributed by atoms with Gasteiger partial charge in [0, 0.05) is 32.8 Å². The monoisotopic (exact) mass is 386 g/mol. The summed E-state index contributed by atoms with van der Waals surface area (Å²) >= 11 is 0. The van der Waals surface area contributed by atoms with E-state index in [9.17, 15) is 9.59 Å². The number of unbranched alkanes of at least 4 members (excludes halogenated alkanes) is 1. The van der Waals surface area contributed by atoms with Crippen LogP contribution in [0.5, 0.6) is 0 Å². The van der Waals surface area contributed by atoms with E-state index in [0.29, 0.717) is 32.5 Å². The molecule has 0 radical (unpaired) electrons. The Kier molecular flexibility index (Phi) is 9.53. The Bertz CT molecular complexity index is 467. The predicted molar refractivity (Wildman–Crippen MR) is 105 cm³/mol. The van der Waals surface area contributed by atoms with E-state index >= 15 is 0 Å². The molecule has 7 nitrogen and oxygen atoms in total. The van der Waals surface area contributed by atoms with Gasteiger partial charge in [-0.1, -0.05) is 0 Å². The number of ether oxygens (including phenoxy) is 3. The van der Waals surface area contributed by atoms with Crippen molar-refractivity contribution in [2.24, 2.45) is 5.41 Å². The maximum absolute atomic E-state index is 12.8. The van der Waals surface area contributed by atoms with Crippen LogP contribution >= 0.6 is 0 Å². The minimum Gasteiger partial charge on any atom is -0.466 e. The molecule has 0 aromatic rings. The van der Waals surface area contributed by atoms with E-state index in [-0.39, 0.29) is 18.1 Å². The lowest BCUT2D eigenvalue weighted by molar-refractivity contribution is -0.160. The summed E-state index contributed by atoms with van der Waals surface area (Å²) in [6.07, 6.45) is 2.78. The molecule has 0 unspecified atom stereocenters. The minimum absolute atomic E-state index is 0.0279. The molecule has 1 rings (SSSR count). The third-order valence-electron chi connectivity index (χ3n) is 5.04. The minimum atomic E-state index is -0.615. The number of rotatable bonds is 9. The molecule has 27 heavy (non-hydrogen) atoms. The summed E-state index contributed by atoms with van der Waals surface area (Å²) in [7, 11) is 1.70. The molecule has 0 bridgehead atoms. The van der Waals surface area contributed by atoms with Gasteiger partial charge in [-0.05, 0) is 66.8 Å². The fourth-order valence-electron chi connectivity index (χ4n) is 3.39. The number of nitrogens with one attached hydrogen (secondary N) is 1. The van der Waals surface area contributed by atoms with Crippen LogP contribution in [-0.4, -0.2) is 68.6 Å². The molecule has 1 fully saturated rings. The van der Waals surface area contributed by atoms with Crippen LogP contribution in [0.3, 0.4) is 0 Å². The number of esters is 1. The van der Waals surface area contributed by atoms with E-state index in [1.54, 1.807) is 12.0 Å². The maximum atomic E-state index is 12.8. The van der Waals surface area contributed by atoms with Crippen molar-refractivity contribution in [3.05, 3.63) is 0 Å². The smallest absolute Gasteiger partial charge is 0.410 e. The molecule has 158 valence electrons. The first-order valence-electron chi connectivity index (χ1n) is 10.0. The molecule has 0 aliphatic carbocycles. The molecular formula is C20H38N2O5. The Hall–Kier alpha value is -1.34. The van der Waals surface area contributed by atoms with Crippen molar-refractivity contribution in [3.63, 3.8) is 0 Å². The number of methoxy groups -OCH3 is 1. The number of carbonyl (C=O) groups excluding carboxylic acids is 2. The second kappa shape index (κ2) is 10.9. The number of hydrogen-bond acceptors (Lipinski definition) is 6. The van der Waals surface area contributed by atoms with Gasteiger partial charge in [0.05, 0.1) is 12.0 Å². The zero-order chi connectivity index (χ0) is 20.5. The third kappa shape index (κ3) is 7.30. The highest BCUT2D eigenvalue weighted by molar-refractivity contribution is 5.78. The fraction of sp³-hybridized carbons (Fsp3) is 0.900. The summed E-state index contributed by atoms with van der Waals surface area (Å²) in [4.78, 5) is 26.8. The van der Waals surface area contributed by atoms with Gasteiger partial charge in [0.15, 0.2) is 0 Å². The van der Waals surface area contributed by atoms with Gasteiger partial charge in [0.2, 0.25) is 0 Å². The fourth-order valence-corrected chi connectivity index (χ4v) is 3.39. The van der Waals surface area contributed by atoms with Crippen LogP contribution in [0.2, 0.25) is 0 Å². The van der Waals surface area contributed by atoms with Gasteiger partial charge >= 0.3 is 12.1 Å². The predicted octanol–water partition coefficient (Wildman–Crippen LogP) is 2.97. The average molecular weight is 387 g/mol. The molecule has 1 amide bonds. The number of piperidine rings is 1. The van der Waals surface area contributed by atoms with Crippen LogP contribution < -0.4 is 5.32 Å². The van der Waals surface area contributed by atoms with E-state index < -0.39 is 11.0 Å². The van der Waals surface area contributed by atoms with Crippen LogP contribution in [0.4, 0.5) is 4.79 Å². The lowest BCUT2D eigenvalue weighted by Crippen LogP contribution is -2.56. The maximum Gasteiger partial charge on any atom is 0.410 e. The molecule has 1 atom stereocenters. The van der Waals surface area contributed by atoms with Gasteiger partial charge in [-0.15, -0.1) is 0 Å². The van der Waals surface area contributed by atoms with Crippen molar-refractivity contribution in [2.75, 3.05) is 40.0 Å². The van der Waals surface area contributed by atoms with Crippen molar-refractivity contribution in [2.45, 2.75) is 71.9 Å². The SMILES string of the molecule is CCOC(=O)C1([C@@H](C)NCCCCOC)CCN(C(=O)OC(C)(C)C)CC1. The summed E-state index contributed by atoms with van der Waals surface area (Å²) in [5.74, 6) is -0.175. The molecule has 0 aromatic carbocycles. The Morgan fingerprint density at radius 2 is 1.81 bits per heavy atom. The molecule has 1 saturated heterocycles. The van der Waals surface area contributed by atoms with Crippen LogP contribution in [-0.2, 0) is 19.0 Å². The summed E-state index contributed by atoms with van der Waals surface area (Å²) in [5.41, 5.74) is -1.14. The van der Waals surface area contributed by atoms with Crippen molar-refractivity contribution in [1.29, 1.82) is 0 Å². The standard InChI is InChI=1S/C20H38N2O5/c1-7-26-17(23)20(16(2)21-12-8-9-15-25-6)10-13-22(14-11-20)18(24)27-19(3,4)5/h16,21H,7-15H2,1-6H3/t16-/m1/s1. The number of amides is 1. The number of nitrogens with zero attached hydrogens (tertiary/aromatic N) is 1. The second-order valence-corrected chi connectivity index (χ2v) is 8.22. The van der Waals surface area contributed by atoms with E-state index in [1.165, 1.54) is 0 Å². The quantitative estimate of drug-likeness (QED) is 0.485. The largest absolute Gasteiger partial charge is 0.466 e. The highest BCUT2D eigenvalue weighted by atomic mass is 16.6. The van der Waals surface area contributed by atoms with E-state index in [4.69, 9.17) is 14.2 Å². The molecule has 1 aliphatic rings. The first kappa shape index (κ1) is 23.7. The summed E-state index contributed by atoms with van der Waals surface area (Å²) in [6.45, 7) is 12.3. The topological polar surface area (TPSA) is 77.1 Å². The van der Waals surface area contributed by atoms with Gasteiger partial charge in [-0.3, -0.25) is 4.79 Å². The zero-order valence-electron chi connectivity index (χ0n) is 17.9. The van der Waals surface area contributed by atoms with E-state index in [0.717, 1.165) is 26.0 Å². The van der Waals surface area contributed by atoms with Gasteiger partial charge in [-0.2, -0.15) is 0 Å². The molecular weight excluding hydrogens is 348 g/mol. The van der Waals surface area contributed by atoms with Crippen molar-refractivity contribution < 1.29 is 23.8 Å². The molecule has 0 aromatic heterocycles. The Labute approximate surface area is 164 Å². The third-order valence-corrected chi connectivity index (χ3v) is 5.04. The highest BCUT2D eigenvalue weighted by Gasteiger charge is 2.47. The molecule has 1 N–H and O–H groups in total. The summed E-state index contributed by atoms with van der Waals surface area (Å²) in [6, 6.07) is -0.0279. The van der Waals surface area contributed by atoms with Gasteiger partial charge < -0.3 is 24.4 Å². The van der Waals surface area contributed by atoms with Crippen LogP contribution in [0, 0.1) is 5.41 Å². The van der Waals surface area contributed by atoms with Crippen molar-refractivity contribution >= 4 is 12.1 Å². The first-order valence-corrected chi connectivity index (χ1v) is 10.0. The molecule has 7 heteroatoms. The Morgan fingerprint density at radius 3 is 2.33 bits per heavy atom. The van der Waals surface area contributed by atoms with Gasteiger partial charge in [-0.25, -0.2) is 4.79 Å². The number of likely N-dealkylation sites (tertiary alicyclic amines) is 1. The molecule has 1 heterocycles. The molecule has 0 spiro atoms. The lowest BCUT2D eigenvalue weighted by atomic mass is 9.72. The Balaban J connectivity index is 2.71. The molecule has 0 saturated carbocycles. The number of carbonyl (C=O) groups is 2. The highest BCUT2D eigenvalue weighted by Crippen LogP contribution is 2.37.